The Bertz CT molecular complexity index is 270. The molecule has 1 saturated heterocycles. The van der Waals surface area contributed by atoms with Crippen molar-refractivity contribution in [1.29, 1.82) is 0 Å². The lowest BCUT2D eigenvalue weighted by atomic mass is 10.1. The second kappa shape index (κ2) is 7.58. The number of unbranched alkanes of at least 4 members (excludes halogenated alkanes) is 1. The van der Waals surface area contributed by atoms with Crippen molar-refractivity contribution in [2.75, 3.05) is 25.2 Å². The number of carbonyl (C=O) groups is 2. The van der Waals surface area contributed by atoms with Crippen LogP contribution in [0.1, 0.15) is 32.6 Å². The third-order valence-corrected chi connectivity index (χ3v) is 4.01. The largest absolute Gasteiger partial charge is 0.469 e. The Hall–Kier alpha value is -0.710. The van der Waals surface area contributed by atoms with E-state index >= 15 is 0 Å². The number of esters is 1. The summed E-state index contributed by atoms with van der Waals surface area (Å²) in [5, 5.41) is 0. The second-order valence-corrected chi connectivity index (χ2v) is 5.35. The normalized spacial score (nSPS) is 20.1. The number of amides is 1. The molecule has 1 aliphatic rings. The first kappa shape index (κ1) is 14.4. The number of methoxy groups -OCH3 is 1. The molecule has 0 aromatic carbocycles. The first-order valence-electron chi connectivity index (χ1n) is 6.13. The maximum atomic E-state index is 12.0. The zero-order chi connectivity index (χ0) is 12.7. The van der Waals surface area contributed by atoms with E-state index in [0.717, 1.165) is 30.9 Å². The minimum Gasteiger partial charge on any atom is -0.469 e. The van der Waals surface area contributed by atoms with Crippen molar-refractivity contribution in [3.63, 3.8) is 0 Å². The van der Waals surface area contributed by atoms with Crippen LogP contribution < -0.4 is 0 Å². The Labute approximate surface area is 107 Å². The van der Waals surface area contributed by atoms with Crippen molar-refractivity contribution in [3.8, 4) is 0 Å². The highest BCUT2D eigenvalue weighted by Gasteiger charge is 2.28. The van der Waals surface area contributed by atoms with Gasteiger partial charge in [-0.15, -0.1) is 0 Å². The average Bonchev–Trinajstić information content (AvgIpc) is 2.36. The molecule has 1 aliphatic heterocycles. The number of hydrogen-bond donors (Lipinski definition) is 0. The maximum absolute atomic E-state index is 12.0. The quantitative estimate of drug-likeness (QED) is 0.705. The van der Waals surface area contributed by atoms with Crippen LogP contribution in [0.2, 0.25) is 0 Å². The number of hydrogen-bond acceptors (Lipinski definition) is 4. The van der Waals surface area contributed by atoms with E-state index in [4.69, 9.17) is 0 Å². The molecule has 0 aromatic rings. The fraction of sp³-hybridized carbons (Fsp3) is 0.833. The van der Waals surface area contributed by atoms with Crippen LogP contribution >= 0.6 is 11.8 Å². The second-order valence-electron chi connectivity index (χ2n) is 4.20. The van der Waals surface area contributed by atoms with E-state index in [2.05, 4.69) is 11.7 Å². The van der Waals surface area contributed by atoms with E-state index in [9.17, 15) is 9.59 Å². The summed E-state index contributed by atoms with van der Waals surface area (Å²) >= 11 is 1.80. The van der Waals surface area contributed by atoms with Crippen LogP contribution in [-0.2, 0) is 14.3 Å². The Morgan fingerprint density at radius 3 is 2.88 bits per heavy atom. The summed E-state index contributed by atoms with van der Waals surface area (Å²) in [6.45, 7) is 2.83. The van der Waals surface area contributed by atoms with Crippen molar-refractivity contribution in [1.82, 2.24) is 4.90 Å². The van der Waals surface area contributed by atoms with Gasteiger partial charge in [0.2, 0.25) is 5.91 Å². The Balaban J connectivity index is 2.52. The number of carbonyl (C=O) groups excluding carboxylic acids is 2. The molecule has 17 heavy (non-hydrogen) atoms. The molecular formula is C12H21NO3S. The van der Waals surface area contributed by atoms with E-state index in [1.54, 1.807) is 11.8 Å². The van der Waals surface area contributed by atoms with E-state index in [0.29, 0.717) is 12.8 Å². The molecule has 0 radical (unpaired) electrons. The molecular weight excluding hydrogens is 238 g/mol. The van der Waals surface area contributed by atoms with Gasteiger partial charge in [0.1, 0.15) is 0 Å². The molecule has 1 heterocycles. The van der Waals surface area contributed by atoms with Crippen molar-refractivity contribution >= 4 is 23.6 Å². The van der Waals surface area contributed by atoms with Crippen LogP contribution in [0.15, 0.2) is 0 Å². The molecule has 0 aromatic heterocycles. The van der Waals surface area contributed by atoms with Gasteiger partial charge in [0.25, 0.3) is 0 Å². The third kappa shape index (κ3) is 4.58. The monoisotopic (exact) mass is 259 g/mol. The van der Waals surface area contributed by atoms with Gasteiger partial charge in [-0.05, 0) is 6.42 Å². The fourth-order valence-electron chi connectivity index (χ4n) is 1.90. The highest BCUT2D eigenvalue weighted by atomic mass is 32.2. The molecule has 0 saturated carbocycles. The smallest absolute Gasteiger partial charge is 0.307 e. The summed E-state index contributed by atoms with van der Waals surface area (Å²) in [6, 6.07) is 0.0190. The predicted octanol–water partition coefficient (Wildman–Crippen LogP) is 1.68. The molecule has 1 atom stereocenters. The Kier molecular flexibility index (Phi) is 6.40. The molecule has 0 bridgehead atoms. The first-order valence-corrected chi connectivity index (χ1v) is 7.28. The van der Waals surface area contributed by atoms with Gasteiger partial charge in [-0.2, -0.15) is 11.8 Å². The van der Waals surface area contributed by atoms with Gasteiger partial charge < -0.3 is 9.64 Å². The molecule has 0 N–H and O–H groups in total. The summed E-state index contributed by atoms with van der Waals surface area (Å²) < 4.78 is 4.68. The SMILES string of the molecule is CCCCC(=O)N1CCSC[C@H]1CC(=O)OC. The van der Waals surface area contributed by atoms with E-state index in [1.807, 2.05) is 4.90 Å². The summed E-state index contributed by atoms with van der Waals surface area (Å²) in [5.74, 6) is 1.76. The third-order valence-electron chi connectivity index (χ3n) is 2.92. The molecule has 98 valence electrons. The van der Waals surface area contributed by atoms with Crippen molar-refractivity contribution in [2.45, 2.75) is 38.6 Å². The topological polar surface area (TPSA) is 46.6 Å². The van der Waals surface area contributed by atoms with Crippen molar-refractivity contribution in [2.24, 2.45) is 0 Å². The zero-order valence-corrected chi connectivity index (χ0v) is 11.4. The van der Waals surface area contributed by atoms with Gasteiger partial charge in [-0.1, -0.05) is 13.3 Å². The van der Waals surface area contributed by atoms with E-state index in [1.165, 1.54) is 7.11 Å². The van der Waals surface area contributed by atoms with Crippen molar-refractivity contribution < 1.29 is 14.3 Å². The Morgan fingerprint density at radius 1 is 1.47 bits per heavy atom. The van der Waals surface area contributed by atoms with E-state index in [-0.39, 0.29) is 17.9 Å². The van der Waals surface area contributed by atoms with Crippen LogP contribution in [0.25, 0.3) is 0 Å². The molecule has 4 nitrogen and oxygen atoms in total. The van der Waals surface area contributed by atoms with Crippen LogP contribution in [0.4, 0.5) is 0 Å². The highest BCUT2D eigenvalue weighted by molar-refractivity contribution is 7.99. The van der Waals surface area contributed by atoms with Gasteiger partial charge in [-0.25, -0.2) is 0 Å². The fourth-order valence-corrected chi connectivity index (χ4v) is 2.96. The molecule has 1 amide bonds. The van der Waals surface area contributed by atoms with Crippen molar-refractivity contribution in [3.05, 3.63) is 0 Å². The van der Waals surface area contributed by atoms with Gasteiger partial charge in [0.05, 0.1) is 19.6 Å². The predicted molar refractivity (Wildman–Crippen MR) is 69.0 cm³/mol. The lowest BCUT2D eigenvalue weighted by Crippen LogP contribution is -2.47. The lowest BCUT2D eigenvalue weighted by Gasteiger charge is -2.35. The minimum absolute atomic E-state index is 0.0190. The molecule has 0 unspecified atom stereocenters. The van der Waals surface area contributed by atoms with Gasteiger partial charge >= 0.3 is 5.97 Å². The average molecular weight is 259 g/mol. The Morgan fingerprint density at radius 2 is 2.24 bits per heavy atom. The zero-order valence-electron chi connectivity index (χ0n) is 10.6. The number of nitrogens with zero attached hydrogens (tertiary/aromatic N) is 1. The molecule has 1 fully saturated rings. The lowest BCUT2D eigenvalue weighted by molar-refractivity contribution is -0.143. The number of rotatable bonds is 5. The summed E-state index contributed by atoms with van der Waals surface area (Å²) in [4.78, 5) is 25.2. The standard InChI is InChI=1S/C12H21NO3S/c1-3-4-5-11(14)13-6-7-17-9-10(13)8-12(15)16-2/h10H,3-9H2,1-2H3/t10-/m1/s1. The maximum Gasteiger partial charge on any atom is 0.307 e. The summed E-state index contributed by atoms with van der Waals surface area (Å²) in [6.07, 6.45) is 2.86. The van der Waals surface area contributed by atoms with Crippen LogP contribution in [0.5, 0.6) is 0 Å². The van der Waals surface area contributed by atoms with Crippen LogP contribution in [-0.4, -0.2) is 48.0 Å². The minimum atomic E-state index is -0.231. The molecule has 5 heteroatoms. The van der Waals surface area contributed by atoms with Gasteiger partial charge in [0, 0.05) is 24.5 Å². The summed E-state index contributed by atoms with van der Waals surface area (Å²) in [5.41, 5.74) is 0. The summed E-state index contributed by atoms with van der Waals surface area (Å²) in [7, 11) is 1.39. The van der Waals surface area contributed by atoms with Gasteiger partial charge in [0.15, 0.2) is 0 Å². The highest BCUT2D eigenvalue weighted by Crippen LogP contribution is 2.20. The molecule has 0 aliphatic carbocycles. The van der Waals surface area contributed by atoms with Crippen LogP contribution in [0, 0.1) is 0 Å². The molecule has 0 spiro atoms. The van der Waals surface area contributed by atoms with E-state index < -0.39 is 0 Å². The number of thioether (sulfide) groups is 1. The van der Waals surface area contributed by atoms with Gasteiger partial charge in [-0.3, -0.25) is 9.59 Å². The van der Waals surface area contributed by atoms with Crippen LogP contribution in [0.3, 0.4) is 0 Å². The first-order chi connectivity index (χ1) is 8.19. The molecule has 1 rings (SSSR count). The number of ether oxygens (including phenoxy) is 1.